The number of hydrogen-bond donors (Lipinski definition) is 1. The lowest BCUT2D eigenvalue weighted by Gasteiger charge is -2.31. The molecule has 2 aromatic rings. The summed E-state index contributed by atoms with van der Waals surface area (Å²) < 4.78 is 42.8. The highest BCUT2D eigenvalue weighted by molar-refractivity contribution is 5.81. The van der Waals surface area contributed by atoms with E-state index < -0.39 is 30.3 Å². The van der Waals surface area contributed by atoms with Crippen LogP contribution in [0.25, 0.3) is 11.1 Å². The largest absolute Gasteiger partial charge is 0.420 e. The summed E-state index contributed by atoms with van der Waals surface area (Å²) in [5.74, 6) is -2.16. The molecule has 10 heteroatoms. The number of aromatic nitrogens is 1. The van der Waals surface area contributed by atoms with E-state index in [1.807, 2.05) is 5.32 Å². The highest BCUT2D eigenvalue weighted by Gasteiger charge is 2.32. The van der Waals surface area contributed by atoms with Gasteiger partial charge >= 0.3 is 11.9 Å². The first-order chi connectivity index (χ1) is 12.7. The number of alkyl halides is 3. The minimum absolute atomic E-state index is 0.194. The van der Waals surface area contributed by atoms with Crippen LogP contribution in [0, 0.1) is 5.92 Å². The second-order valence-corrected chi connectivity index (χ2v) is 6.41. The molecule has 1 aliphatic heterocycles. The molecular formula is C17H18F3N3O4. The van der Waals surface area contributed by atoms with Crippen LogP contribution in [0.15, 0.2) is 33.5 Å². The second-order valence-electron chi connectivity index (χ2n) is 6.41. The Balaban J connectivity index is 1.56. The van der Waals surface area contributed by atoms with E-state index in [1.165, 1.54) is 9.47 Å². The van der Waals surface area contributed by atoms with Gasteiger partial charge in [-0.1, -0.05) is 12.1 Å². The zero-order valence-corrected chi connectivity index (χ0v) is 14.3. The Morgan fingerprint density at radius 1 is 1.19 bits per heavy atom. The Morgan fingerprint density at radius 2 is 1.85 bits per heavy atom. The molecule has 0 saturated carbocycles. The number of oxazole rings is 1. The number of likely N-dealkylation sites (tertiary alicyclic amines) is 1. The summed E-state index contributed by atoms with van der Waals surface area (Å²) in [7, 11) is 0. The molecule has 1 aromatic heterocycles. The number of piperidine rings is 1. The van der Waals surface area contributed by atoms with E-state index in [0.29, 0.717) is 11.1 Å². The van der Waals surface area contributed by atoms with E-state index in [-0.39, 0.29) is 38.4 Å². The number of nitrogens with zero attached hydrogens (tertiary/aromatic N) is 2. The molecule has 3 rings (SSSR count). The van der Waals surface area contributed by atoms with Crippen molar-refractivity contribution in [3.8, 4) is 0 Å². The third-order valence-corrected chi connectivity index (χ3v) is 4.55. The lowest BCUT2D eigenvalue weighted by atomic mass is 9.96. The number of para-hydroxylation sites is 2. The number of amides is 2. The third kappa shape index (κ3) is 4.50. The molecule has 1 saturated heterocycles. The van der Waals surface area contributed by atoms with Crippen LogP contribution in [0.3, 0.4) is 0 Å². The van der Waals surface area contributed by atoms with Crippen LogP contribution in [0.2, 0.25) is 0 Å². The van der Waals surface area contributed by atoms with Crippen LogP contribution in [-0.2, 0) is 16.1 Å². The lowest BCUT2D eigenvalue weighted by Crippen LogP contribution is -2.45. The van der Waals surface area contributed by atoms with E-state index in [4.69, 9.17) is 4.42 Å². The van der Waals surface area contributed by atoms with Gasteiger partial charge in [0.2, 0.25) is 11.8 Å². The number of nitrogens with one attached hydrogen (secondary N) is 1. The van der Waals surface area contributed by atoms with Crippen molar-refractivity contribution in [1.82, 2.24) is 14.8 Å². The number of carbonyl (C=O) groups is 2. The van der Waals surface area contributed by atoms with Gasteiger partial charge in [-0.2, -0.15) is 13.2 Å². The van der Waals surface area contributed by atoms with E-state index in [9.17, 15) is 27.6 Å². The minimum atomic E-state index is -4.45. The predicted octanol–water partition coefficient (Wildman–Crippen LogP) is 1.51. The SMILES string of the molecule is O=C(NCC(F)(F)F)C1CCN(C(=O)Cn2c(=O)oc3ccccc32)CC1. The van der Waals surface area contributed by atoms with Crippen LogP contribution >= 0.6 is 0 Å². The monoisotopic (exact) mass is 385 g/mol. The number of carbonyl (C=O) groups excluding carboxylic acids is 2. The Labute approximate surface area is 151 Å². The van der Waals surface area contributed by atoms with Crippen LogP contribution in [-0.4, -0.2) is 47.1 Å². The van der Waals surface area contributed by atoms with Crippen LogP contribution in [0.4, 0.5) is 13.2 Å². The Kier molecular flexibility index (Phi) is 5.24. The zero-order chi connectivity index (χ0) is 19.6. The highest BCUT2D eigenvalue weighted by atomic mass is 19.4. The van der Waals surface area contributed by atoms with Crippen molar-refractivity contribution in [2.45, 2.75) is 25.6 Å². The summed E-state index contributed by atoms with van der Waals surface area (Å²) in [4.78, 5) is 37.7. The molecule has 0 bridgehead atoms. The first-order valence-electron chi connectivity index (χ1n) is 8.45. The van der Waals surface area contributed by atoms with E-state index >= 15 is 0 Å². The molecule has 0 radical (unpaired) electrons. The summed E-state index contributed by atoms with van der Waals surface area (Å²) in [6.07, 6.45) is -3.90. The summed E-state index contributed by atoms with van der Waals surface area (Å²) >= 11 is 0. The summed E-state index contributed by atoms with van der Waals surface area (Å²) in [6.45, 7) is -1.07. The lowest BCUT2D eigenvalue weighted by molar-refractivity contribution is -0.143. The smallest absolute Gasteiger partial charge is 0.408 e. The van der Waals surface area contributed by atoms with Gasteiger partial charge in [-0.05, 0) is 25.0 Å². The standard InChI is InChI=1S/C17H18F3N3O4/c18-17(19,20)10-21-15(25)11-5-7-22(8-6-11)14(24)9-23-12-3-1-2-4-13(12)27-16(23)26/h1-4,11H,5-10H2,(H,21,25). The average Bonchev–Trinajstić information content (AvgIpc) is 2.94. The van der Waals surface area contributed by atoms with Crippen molar-refractivity contribution in [3.05, 3.63) is 34.8 Å². The molecule has 0 unspecified atom stereocenters. The Bertz CT molecular complexity index is 895. The van der Waals surface area contributed by atoms with Crippen molar-refractivity contribution in [3.63, 3.8) is 0 Å². The molecule has 0 atom stereocenters. The number of benzene rings is 1. The fraction of sp³-hybridized carbons (Fsp3) is 0.471. The Hall–Kier alpha value is -2.78. The van der Waals surface area contributed by atoms with Crippen molar-refractivity contribution in [1.29, 1.82) is 0 Å². The van der Waals surface area contributed by atoms with Crippen molar-refractivity contribution in [2.24, 2.45) is 5.92 Å². The van der Waals surface area contributed by atoms with Gasteiger partial charge in [-0.3, -0.25) is 14.2 Å². The molecule has 0 aliphatic carbocycles. The van der Waals surface area contributed by atoms with Crippen molar-refractivity contribution >= 4 is 22.9 Å². The third-order valence-electron chi connectivity index (χ3n) is 4.55. The zero-order valence-electron chi connectivity index (χ0n) is 14.3. The summed E-state index contributed by atoms with van der Waals surface area (Å²) in [6, 6.07) is 6.74. The fourth-order valence-electron chi connectivity index (χ4n) is 3.12. The first kappa shape index (κ1) is 19.0. The minimum Gasteiger partial charge on any atom is -0.408 e. The van der Waals surface area contributed by atoms with Gasteiger partial charge in [-0.25, -0.2) is 4.79 Å². The maximum absolute atomic E-state index is 12.5. The molecule has 1 N–H and O–H groups in total. The highest BCUT2D eigenvalue weighted by Crippen LogP contribution is 2.19. The van der Waals surface area contributed by atoms with Gasteiger partial charge in [0.15, 0.2) is 5.58 Å². The van der Waals surface area contributed by atoms with Gasteiger partial charge in [-0.15, -0.1) is 0 Å². The molecule has 2 amide bonds. The van der Waals surface area contributed by atoms with Gasteiger partial charge in [0.1, 0.15) is 13.1 Å². The average molecular weight is 385 g/mol. The molecule has 1 fully saturated rings. The maximum Gasteiger partial charge on any atom is 0.420 e. The quantitative estimate of drug-likeness (QED) is 0.865. The summed E-state index contributed by atoms with van der Waals surface area (Å²) in [5.41, 5.74) is 0.896. The van der Waals surface area contributed by atoms with Gasteiger partial charge in [0.25, 0.3) is 0 Å². The molecule has 1 aliphatic rings. The first-order valence-corrected chi connectivity index (χ1v) is 8.45. The number of hydrogen-bond acceptors (Lipinski definition) is 4. The normalized spacial score (nSPS) is 15.9. The topological polar surface area (TPSA) is 84.5 Å². The van der Waals surface area contributed by atoms with E-state index in [2.05, 4.69) is 0 Å². The number of halogens is 3. The summed E-state index contributed by atoms with van der Waals surface area (Å²) in [5, 5.41) is 1.88. The predicted molar refractivity (Wildman–Crippen MR) is 88.8 cm³/mol. The van der Waals surface area contributed by atoms with Crippen LogP contribution in [0.5, 0.6) is 0 Å². The number of rotatable bonds is 4. The van der Waals surface area contributed by atoms with Crippen LogP contribution < -0.4 is 11.1 Å². The van der Waals surface area contributed by atoms with E-state index in [0.717, 1.165) is 0 Å². The molecule has 2 heterocycles. The van der Waals surface area contributed by atoms with Crippen LogP contribution in [0.1, 0.15) is 12.8 Å². The molecular weight excluding hydrogens is 367 g/mol. The maximum atomic E-state index is 12.5. The number of fused-ring (bicyclic) bond motifs is 1. The van der Waals surface area contributed by atoms with E-state index in [1.54, 1.807) is 24.3 Å². The fourth-order valence-corrected chi connectivity index (χ4v) is 3.12. The molecule has 7 nitrogen and oxygen atoms in total. The molecule has 1 aromatic carbocycles. The van der Waals surface area contributed by atoms with Gasteiger partial charge in [0, 0.05) is 19.0 Å². The molecule has 146 valence electrons. The van der Waals surface area contributed by atoms with Gasteiger partial charge in [0.05, 0.1) is 5.52 Å². The molecule has 27 heavy (non-hydrogen) atoms. The van der Waals surface area contributed by atoms with Gasteiger partial charge < -0.3 is 14.6 Å². The Morgan fingerprint density at radius 3 is 2.52 bits per heavy atom. The van der Waals surface area contributed by atoms with Crippen molar-refractivity contribution in [2.75, 3.05) is 19.6 Å². The van der Waals surface area contributed by atoms with Crippen molar-refractivity contribution < 1.29 is 27.2 Å². The molecule has 0 spiro atoms. The second kappa shape index (κ2) is 7.45.